The molecule has 2 aliphatic rings. The number of ether oxygens (including phenoxy) is 1. The van der Waals surface area contributed by atoms with Crippen LogP contribution in [0.15, 0.2) is 76.6 Å². The van der Waals surface area contributed by atoms with Gasteiger partial charge in [0.25, 0.3) is 5.78 Å². The zero-order valence-corrected chi connectivity index (χ0v) is 24.2. The van der Waals surface area contributed by atoms with Gasteiger partial charge in [-0.3, -0.25) is 14.5 Å². The first-order valence-corrected chi connectivity index (χ1v) is 14.9. The molecule has 1 amide bonds. The highest BCUT2D eigenvalue weighted by Gasteiger charge is 2.48. The van der Waals surface area contributed by atoms with Crippen molar-refractivity contribution in [2.75, 3.05) is 4.90 Å². The first-order chi connectivity index (χ1) is 19.3. The summed E-state index contributed by atoms with van der Waals surface area (Å²) >= 11 is 14.9. The predicted molar refractivity (Wildman–Crippen MR) is 157 cm³/mol. The molecule has 1 fully saturated rings. The molecule has 0 spiro atoms. The third-order valence-corrected chi connectivity index (χ3v) is 9.27. The molecule has 7 nitrogen and oxygen atoms in total. The largest absolute Gasteiger partial charge is 0.507 e. The molecule has 1 N–H and O–H groups in total. The van der Waals surface area contributed by atoms with Gasteiger partial charge in [-0.25, -0.2) is 0 Å². The van der Waals surface area contributed by atoms with E-state index in [4.69, 9.17) is 27.9 Å². The van der Waals surface area contributed by atoms with E-state index < -0.39 is 17.7 Å². The molecule has 4 aromatic rings. The highest BCUT2D eigenvalue weighted by Crippen LogP contribution is 2.45. The Balaban J connectivity index is 1.38. The smallest absolute Gasteiger partial charge is 0.301 e. The highest BCUT2D eigenvalue weighted by atomic mass is 35.5. The van der Waals surface area contributed by atoms with Crippen molar-refractivity contribution in [3.8, 4) is 5.75 Å². The van der Waals surface area contributed by atoms with Gasteiger partial charge in [-0.05, 0) is 66.1 Å². The maximum absolute atomic E-state index is 13.5. The van der Waals surface area contributed by atoms with Crippen LogP contribution in [0.2, 0.25) is 10.0 Å². The standard InChI is InChI=1S/C29H21Cl2N3O4S2/c1-15-11-19-12-18(7-10-22(19)38-15)25(35)23-24(17-3-2-4-21(31)13-17)34(27(37)26(23)36)28-32-33-29(40-28)39-14-16-5-8-20(30)9-6-16/h2-10,12-13,15,24,35H,11,14H2,1H3/b25-23+/t15-,24+/m1/s1. The molecule has 202 valence electrons. The van der Waals surface area contributed by atoms with E-state index in [1.54, 1.807) is 42.5 Å². The Hall–Kier alpha value is -3.37. The van der Waals surface area contributed by atoms with Gasteiger partial charge in [0.05, 0.1) is 11.6 Å². The fourth-order valence-electron chi connectivity index (χ4n) is 4.83. The van der Waals surface area contributed by atoms with Gasteiger partial charge in [0.1, 0.15) is 17.6 Å². The van der Waals surface area contributed by atoms with Crippen molar-refractivity contribution in [3.05, 3.63) is 105 Å². The van der Waals surface area contributed by atoms with Crippen molar-refractivity contribution in [2.45, 2.75) is 35.6 Å². The predicted octanol–water partition coefficient (Wildman–Crippen LogP) is 7.09. The van der Waals surface area contributed by atoms with Crippen LogP contribution in [-0.4, -0.2) is 33.1 Å². The van der Waals surface area contributed by atoms with E-state index in [-0.39, 0.29) is 22.6 Å². The summed E-state index contributed by atoms with van der Waals surface area (Å²) < 4.78 is 6.41. The van der Waals surface area contributed by atoms with Crippen LogP contribution in [0.1, 0.15) is 35.2 Å². The summed E-state index contributed by atoms with van der Waals surface area (Å²) in [6, 6.07) is 18.7. The molecular formula is C29H21Cl2N3O4S2. The lowest BCUT2D eigenvalue weighted by Gasteiger charge is -2.22. The van der Waals surface area contributed by atoms with Crippen molar-refractivity contribution in [2.24, 2.45) is 0 Å². The SMILES string of the molecule is C[C@@H]1Cc2cc(/C(O)=C3\C(=O)C(=O)N(c4nnc(SCc5ccc(Cl)cc5)s4)[C@H]3c3cccc(Cl)c3)ccc2O1. The number of ketones is 1. The van der Waals surface area contributed by atoms with Crippen LogP contribution in [0.5, 0.6) is 5.75 Å². The summed E-state index contributed by atoms with van der Waals surface area (Å²) in [5, 5.41) is 21.3. The van der Waals surface area contributed by atoms with E-state index in [1.165, 1.54) is 28.0 Å². The first-order valence-electron chi connectivity index (χ1n) is 12.4. The molecular weight excluding hydrogens is 589 g/mol. The number of amides is 1. The number of fused-ring (bicyclic) bond motifs is 1. The number of carbonyl (C=O) groups is 2. The first kappa shape index (κ1) is 26.8. The number of aromatic nitrogens is 2. The van der Waals surface area contributed by atoms with Gasteiger partial charge < -0.3 is 9.84 Å². The third-order valence-electron chi connectivity index (χ3n) is 6.66. The van der Waals surface area contributed by atoms with Gasteiger partial charge in [-0.2, -0.15) is 0 Å². The number of thioether (sulfide) groups is 1. The number of aliphatic hydroxyl groups is 1. The molecule has 2 atom stereocenters. The van der Waals surface area contributed by atoms with Crippen LogP contribution >= 0.6 is 46.3 Å². The van der Waals surface area contributed by atoms with Crippen LogP contribution < -0.4 is 9.64 Å². The third kappa shape index (κ3) is 5.10. The number of rotatable bonds is 6. The summed E-state index contributed by atoms with van der Waals surface area (Å²) in [5.41, 5.74) is 2.94. The number of nitrogens with zero attached hydrogens (tertiary/aromatic N) is 3. The number of hydrogen-bond acceptors (Lipinski definition) is 8. The van der Waals surface area contributed by atoms with Crippen molar-refractivity contribution in [1.29, 1.82) is 0 Å². The molecule has 1 aromatic heterocycles. The molecule has 3 aromatic carbocycles. The average molecular weight is 611 g/mol. The average Bonchev–Trinajstić information content (AvgIpc) is 3.63. The van der Waals surface area contributed by atoms with Crippen molar-refractivity contribution in [1.82, 2.24) is 10.2 Å². The van der Waals surface area contributed by atoms with Gasteiger partial charge in [0.2, 0.25) is 5.13 Å². The molecule has 6 rings (SSSR count). The molecule has 0 unspecified atom stereocenters. The van der Waals surface area contributed by atoms with Crippen LogP contribution in [0.3, 0.4) is 0 Å². The number of anilines is 1. The summed E-state index contributed by atoms with van der Waals surface area (Å²) in [6.45, 7) is 1.97. The number of halogens is 2. The lowest BCUT2D eigenvalue weighted by atomic mass is 9.94. The maximum atomic E-state index is 13.5. The van der Waals surface area contributed by atoms with Crippen LogP contribution in [0.25, 0.3) is 5.76 Å². The Kier molecular flexibility index (Phi) is 7.31. The summed E-state index contributed by atoms with van der Waals surface area (Å²) in [6.07, 6.45) is 0.706. The maximum Gasteiger partial charge on any atom is 0.301 e. The van der Waals surface area contributed by atoms with Crippen molar-refractivity contribution in [3.63, 3.8) is 0 Å². The van der Waals surface area contributed by atoms with E-state index in [1.807, 2.05) is 31.2 Å². The highest BCUT2D eigenvalue weighted by molar-refractivity contribution is 8.00. The lowest BCUT2D eigenvalue weighted by Crippen LogP contribution is -2.29. The molecule has 0 saturated carbocycles. The van der Waals surface area contributed by atoms with E-state index in [9.17, 15) is 14.7 Å². The van der Waals surface area contributed by atoms with Gasteiger partial charge in [0, 0.05) is 27.8 Å². The Morgan fingerprint density at radius 3 is 2.65 bits per heavy atom. The molecule has 0 bridgehead atoms. The zero-order chi connectivity index (χ0) is 28.0. The Morgan fingerprint density at radius 1 is 1.07 bits per heavy atom. The van der Waals surface area contributed by atoms with Crippen LogP contribution in [0.4, 0.5) is 5.13 Å². The van der Waals surface area contributed by atoms with Crippen molar-refractivity contribution < 1.29 is 19.4 Å². The molecule has 0 radical (unpaired) electrons. The summed E-state index contributed by atoms with van der Waals surface area (Å²) in [7, 11) is 0. The number of carbonyl (C=O) groups excluding carboxylic acids is 2. The number of Topliss-reactive ketones (excluding diaryl/α,β-unsaturated/α-hetero) is 1. The zero-order valence-electron chi connectivity index (χ0n) is 21.0. The number of aliphatic hydroxyl groups excluding tert-OH is 1. The molecule has 11 heteroatoms. The summed E-state index contributed by atoms with van der Waals surface area (Å²) in [4.78, 5) is 28.2. The van der Waals surface area contributed by atoms with Gasteiger partial charge in [-0.15, -0.1) is 10.2 Å². The number of benzene rings is 3. The fraction of sp³-hybridized carbons (Fsp3) is 0.172. The quantitative estimate of drug-likeness (QED) is 0.0820. The topological polar surface area (TPSA) is 92.6 Å². The minimum absolute atomic E-state index is 0.0218. The second kappa shape index (κ2) is 10.9. The van der Waals surface area contributed by atoms with Gasteiger partial charge in [0.15, 0.2) is 4.34 Å². The van der Waals surface area contributed by atoms with E-state index >= 15 is 0 Å². The number of hydrogen-bond donors (Lipinski definition) is 1. The monoisotopic (exact) mass is 609 g/mol. The van der Waals surface area contributed by atoms with Gasteiger partial charge in [-0.1, -0.05) is 70.6 Å². The Labute approximate surface area is 248 Å². The Morgan fingerprint density at radius 2 is 1.88 bits per heavy atom. The second-order valence-electron chi connectivity index (χ2n) is 9.44. The normalized spacial score (nSPS) is 19.6. The molecule has 1 saturated heterocycles. The van der Waals surface area contributed by atoms with Crippen molar-refractivity contribution >= 4 is 68.9 Å². The second-order valence-corrected chi connectivity index (χ2v) is 12.5. The fourth-order valence-corrected chi connectivity index (χ4v) is 6.98. The summed E-state index contributed by atoms with van der Waals surface area (Å²) in [5.74, 6) is -0.500. The molecule has 2 aliphatic heterocycles. The van der Waals surface area contributed by atoms with E-state index in [0.29, 0.717) is 37.7 Å². The molecule has 0 aliphatic carbocycles. The van der Waals surface area contributed by atoms with E-state index in [0.717, 1.165) is 16.9 Å². The van der Waals surface area contributed by atoms with Gasteiger partial charge >= 0.3 is 5.91 Å². The van der Waals surface area contributed by atoms with Crippen LogP contribution in [-0.2, 0) is 21.8 Å². The lowest BCUT2D eigenvalue weighted by molar-refractivity contribution is -0.132. The molecule has 40 heavy (non-hydrogen) atoms. The minimum atomic E-state index is -0.941. The minimum Gasteiger partial charge on any atom is -0.507 e. The molecule has 3 heterocycles. The van der Waals surface area contributed by atoms with Crippen LogP contribution in [0, 0.1) is 0 Å². The Bertz CT molecular complexity index is 1670. The van der Waals surface area contributed by atoms with E-state index in [2.05, 4.69) is 10.2 Å².